The number of rotatable bonds is 10. The Morgan fingerprint density at radius 1 is 0.627 bits per heavy atom. The van der Waals surface area contributed by atoms with Gasteiger partial charge in [-0.25, -0.2) is 9.59 Å². The summed E-state index contributed by atoms with van der Waals surface area (Å²) in [7, 11) is 0. The number of nitrogens with zero attached hydrogens (tertiary/aromatic N) is 3. The molecule has 0 spiro atoms. The highest BCUT2D eigenvalue weighted by Gasteiger charge is 2.54. The Balaban J connectivity index is 1.24. The van der Waals surface area contributed by atoms with Crippen LogP contribution in [-0.2, 0) is 42.2 Å². The number of primary amides is 2. The van der Waals surface area contributed by atoms with Crippen molar-refractivity contribution in [2.75, 3.05) is 13.1 Å². The first-order valence-electron chi connectivity index (χ1n) is 22.8. The van der Waals surface area contributed by atoms with E-state index >= 15 is 0 Å². The molecule has 1 aliphatic carbocycles. The van der Waals surface area contributed by atoms with Crippen LogP contribution in [0.5, 0.6) is 0 Å². The minimum Gasteiger partial charge on any atom is -0.465 e. The first-order valence-corrected chi connectivity index (χ1v) is 22.8. The summed E-state index contributed by atoms with van der Waals surface area (Å²) in [5.74, 6) is -3.70. The number of hydrogen-bond donors (Lipinski definition) is 6. The maximum atomic E-state index is 14.8. The van der Waals surface area contributed by atoms with Gasteiger partial charge in [0.1, 0.15) is 0 Å². The molecular weight excluding hydrogens is 851 g/mol. The van der Waals surface area contributed by atoms with Gasteiger partial charge in [0, 0.05) is 35.1 Å². The van der Waals surface area contributed by atoms with Crippen molar-refractivity contribution >= 4 is 46.7 Å². The first-order chi connectivity index (χ1) is 31.6. The van der Waals surface area contributed by atoms with Gasteiger partial charge >= 0.3 is 12.2 Å². The molecule has 8 rings (SSSR count). The zero-order valence-corrected chi connectivity index (χ0v) is 38.8. The van der Waals surface area contributed by atoms with Crippen molar-refractivity contribution in [3.63, 3.8) is 0 Å². The second-order valence-electron chi connectivity index (χ2n) is 20.2. The van der Waals surface area contributed by atoms with Gasteiger partial charge in [-0.05, 0) is 110 Å². The number of nitrogens with two attached hydrogens (primary N) is 2. The molecule has 6 amide bonds. The Morgan fingerprint density at radius 2 is 1.09 bits per heavy atom. The first kappa shape index (κ1) is 46.4. The van der Waals surface area contributed by atoms with E-state index in [1.807, 2.05) is 12.1 Å². The Morgan fingerprint density at radius 3 is 1.52 bits per heavy atom. The van der Waals surface area contributed by atoms with Gasteiger partial charge in [-0.15, -0.1) is 0 Å². The van der Waals surface area contributed by atoms with Crippen molar-refractivity contribution in [1.29, 1.82) is 0 Å². The second-order valence-corrected chi connectivity index (χ2v) is 20.2. The lowest BCUT2D eigenvalue weighted by atomic mass is 9.68. The predicted molar refractivity (Wildman–Crippen MR) is 253 cm³/mol. The summed E-state index contributed by atoms with van der Waals surface area (Å²) in [6, 6.07) is 27.7. The Kier molecular flexibility index (Phi) is 11.7. The van der Waals surface area contributed by atoms with Crippen LogP contribution in [0.2, 0.25) is 0 Å². The number of fused-ring (bicyclic) bond motifs is 5. The van der Waals surface area contributed by atoms with Crippen LogP contribution >= 0.6 is 0 Å². The van der Waals surface area contributed by atoms with Crippen molar-refractivity contribution in [1.82, 2.24) is 25.0 Å². The second kappa shape index (κ2) is 16.9. The van der Waals surface area contributed by atoms with Gasteiger partial charge in [-0.2, -0.15) is 0 Å². The van der Waals surface area contributed by atoms with E-state index < -0.39 is 64.5 Å². The molecule has 15 nitrogen and oxygen atoms in total. The van der Waals surface area contributed by atoms with Crippen LogP contribution in [0.3, 0.4) is 0 Å². The van der Waals surface area contributed by atoms with Crippen molar-refractivity contribution in [2.45, 2.75) is 108 Å². The third-order valence-corrected chi connectivity index (χ3v) is 14.1. The van der Waals surface area contributed by atoms with Gasteiger partial charge in [0.05, 0.1) is 17.8 Å². The number of aromatic nitrogens is 1. The van der Waals surface area contributed by atoms with Crippen molar-refractivity contribution in [3.05, 3.63) is 130 Å². The number of carboxylic acid groups (broad SMARTS) is 2. The van der Waals surface area contributed by atoms with Gasteiger partial charge < -0.3 is 36.0 Å². The largest absolute Gasteiger partial charge is 0.465 e. The Bertz CT molecular complexity index is 2810. The summed E-state index contributed by atoms with van der Waals surface area (Å²) in [6.45, 7) is 13.7. The lowest BCUT2D eigenvalue weighted by molar-refractivity contribution is -0.147. The molecule has 67 heavy (non-hydrogen) atoms. The van der Waals surface area contributed by atoms with Gasteiger partial charge in [-0.3, -0.25) is 29.8 Å². The zero-order chi connectivity index (χ0) is 48.4. The van der Waals surface area contributed by atoms with E-state index in [1.54, 1.807) is 46.2 Å². The van der Waals surface area contributed by atoms with E-state index in [2.05, 4.69) is 81.0 Å². The monoisotopic (exact) mass is 909 g/mol. The maximum Gasteiger partial charge on any atom is 0.406 e. The molecule has 8 N–H and O–H groups in total. The van der Waals surface area contributed by atoms with Gasteiger partial charge in [0.2, 0.25) is 11.1 Å². The van der Waals surface area contributed by atoms with E-state index in [-0.39, 0.29) is 22.5 Å². The topological polar surface area (TPSA) is 230 Å². The summed E-state index contributed by atoms with van der Waals surface area (Å²) in [5.41, 5.74) is 13.9. The average Bonchev–Trinajstić information content (AvgIpc) is 4.04. The van der Waals surface area contributed by atoms with Crippen molar-refractivity contribution < 1.29 is 39.0 Å². The third kappa shape index (κ3) is 7.73. The number of carbonyl (C=O) groups is 6. The highest BCUT2D eigenvalue weighted by Crippen LogP contribution is 2.53. The summed E-state index contributed by atoms with van der Waals surface area (Å²) in [5, 5.41) is 25.4. The fraction of sp³-hybridized carbons (Fsp3) is 0.385. The molecule has 5 aromatic rings. The van der Waals surface area contributed by atoms with Crippen LogP contribution in [0, 0.1) is 5.41 Å². The molecule has 3 heterocycles. The SMILES string of the molecule is CC(C)(C)C1Cc2c(n(C(C)(C)C)c3ccc([C@@H]4CCCN4C(=O)[C@@](NC(=O)O)(C(N)=O)c4ccccc4)cc23)-c2ccc(C3CCCN3C(=O)C(NC(=O)O)(C(N)=O)c3ccccc3)cc21. The lowest BCUT2D eigenvalue weighted by Crippen LogP contribution is -2.63. The summed E-state index contributed by atoms with van der Waals surface area (Å²) < 4.78 is 2.37. The fourth-order valence-corrected chi connectivity index (χ4v) is 11.1. The number of benzene rings is 4. The van der Waals surface area contributed by atoms with Crippen LogP contribution < -0.4 is 22.1 Å². The Hall–Kier alpha value is -7.16. The highest BCUT2D eigenvalue weighted by atomic mass is 16.4. The molecule has 3 unspecified atom stereocenters. The molecule has 2 fully saturated rings. The van der Waals surface area contributed by atoms with Crippen LogP contribution in [-0.4, -0.2) is 73.5 Å². The number of amides is 6. The van der Waals surface area contributed by atoms with Gasteiger partial charge in [0.15, 0.2) is 0 Å². The van der Waals surface area contributed by atoms with Crippen molar-refractivity contribution in [3.8, 4) is 11.3 Å². The van der Waals surface area contributed by atoms with E-state index in [4.69, 9.17) is 11.5 Å². The molecule has 2 saturated heterocycles. The number of likely N-dealkylation sites (tertiary alicyclic amines) is 2. The number of hydrogen-bond acceptors (Lipinski definition) is 6. The summed E-state index contributed by atoms with van der Waals surface area (Å²) in [6.07, 6.45) is 0.00133. The fourth-order valence-electron chi connectivity index (χ4n) is 11.1. The van der Waals surface area contributed by atoms with Gasteiger partial charge in [0.25, 0.3) is 23.6 Å². The molecule has 3 aliphatic rings. The molecule has 4 aromatic carbocycles. The quantitative estimate of drug-likeness (QED) is 0.0773. The lowest BCUT2D eigenvalue weighted by Gasteiger charge is -2.39. The van der Waals surface area contributed by atoms with Crippen LogP contribution in [0.15, 0.2) is 97.1 Å². The summed E-state index contributed by atoms with van der Waals surface area (Å²) in [4.78, 5) is 83.8. The minimum absolute atomic E-state index is 0.000379. The molecular formula is C52H59N7O8. The van der Waals surface area contributed by atoms with Crippen LogP contribution in [0.1, 0.15) is 119 Å². The molecule has 350 valence electrons. The molecule has 0 saturated carbocycles. The van der Waals surface area contributed by atoms with E-state index in [1.165, 1.54) is 24.3 Å². The molecule has 15 heteroatoms. The molecule has 2 aliphatic heterocycles. The molecule has 5 atom stereocenters. The zero-order valence-electron chi connectivity index (χ0n) is 38.8. The van der Waals surface area contributed by atoms with Crippen LogP contribution in [0.4, 0.5) is 9.59 Å². The molecule has 0 bridgehead atoms. The smallest absolute Gasteiger partial charge is 0.406 e. The molecule has 0 radical (unpaired) electrons. The predicted octanol–water partition coefficient (Wildman–Crippen LogP) is 7.37. The number of nitrogens with one attached hydrogen (secondary N) is 2. The van der Waals surface area contributed by atoms with Crippen LogP contribution in [0.25, 0.3) is 22.2 Å². The average molecular weight is 910 g/mol. The standard InChI is InChI=1S/C52H59N7O8/c1-49(2,3)38-29-37-36-28-31(40-20-14-26-58(40)46(63)52(44(54)61,56-48(66)67)33-17-11-8-12-18-33)22-24-41(36)59(50(4,5)6)42(37)34-23-21-30(27-35(34)38)39-19-13-25-57(39)45(62)51(43(53)60,55-47(64)65)32-15-9-7-10-16-32/h7-12,15-18,21-24,27-28,38-40,55-56H,13-14,19-20,25-26,29H2,1-6H3,(H2,53,60)(H2,54,61)(H,64,65)(H,66,67)/t38?,39?,40-,51?,52-/m0/s1. The minimum atomic E-state index is -2.35. The normalized spacial score (nSPS) is 20.0. The summed E-state index contributed by atoms with van der Waals surface area (Å²) >= 11 is 0. The highest BCUT2D eigenvalue weighted by molar-refractivity contribution is 6.12. The third-order valence-electron chi connectivity index (χ3n) is 14.1. The number of carbonyl (C=O) groups excluding carboxylic acids is 4. The van der Waals surface area contributed by atoms with Gasteiger partial charge in [-0.1, -0.05) is 106 Å². The van der Waals surface area contributed by atoms with Crippen molar-refractivity contribution in [2.24, 2.45) is 16.9 Å². The van der Waals surface area contributed by atoms with E-state index in [0.717, 1.165) is 44.4 Å². The Labute approximate surface area is 389 Å². The van der Waals surface area contributed by atoms with E-state index in [0.29, 0.717) is 45.2 Å². The van der Waals surface area contributed by atoms with E-state index in [9.17, 15) is 39.0 Å². The maximum absolute atomic E-state index is 14.8. The molecule has 1 aromatic heterocycles.